The molecule has 0 spiro atoms. The van der Waals surface area contributed by atoms with Crippen LogP contribution < -0.4 is 4.90 Å². The van der Waals surface area contributed by atoms with Gasteiger partial charge in [-0.15, -0.1) is 0 Å². The minimum Gasteiger partial charge on any atom is -0.508 e. The Hall–Kier alpha value is -4.23. The Bertz CT molecular complexity index is 1490. The van der Waals surface area contributed by atoms with Crippen molar-refractivity contribution in [2.75, 3.05) is 4.90 Å². The van der Waals surface area contributed by atoms with Gasteiger partial charge in [0, 0.05) is 0 Å². The summed E-state index contributed by atoms with van der Waals surface area (Å²) in [5.41, 5.74) is 3.02. The Kier molecular flexibility index (Phi) is 5.47. The number of carbonyl (C=O) groups excluding carboxylic acids is 2. The van der Waals surface area contributed by atoms with Crippen molar-refractivity contribution in [1.82, 2.24) is 4.98 Å². The van der Waals surface area contributed by atoms with Crippen molar-refractivity contribution >= 4 is 44.5 Å². The summed E-state index contributed by atoms with van der Waals surface area (Å²) in [7, 11) is 0. The van der Waals surface area contributed by atoms with Gasteiger partial charge < -0.3 is 10.2 Å². The van der Waals surface area contributed by atoms with Gasteiger partial charge in [-0.1, -0.05) is 65.9 Å². The lowest BCUT2D eigenvalue weighted by Gasteiger charge is -2.24. The summed E-state index contributed by atoms with van der Waals surface area (Å²) < 4.78 is 0.890. The fourth-order valence-corrected chi connectivity index (χ4v) is 5.10. The van der Waals surface area contributed by atoms with Crippen LogP contribution in [0, 0.1) is 6.92 Å². The molecule has 0 aliphatic carbocycles. The molecule has 2 heterocycles. The van der Waals surface area contributed by atoms with Crippen LogP contribution in [0.25, 0.3) is 16.3 Å². The van der Waals surface area contributed by atoms with Crippen molar-refractivity contribution in [3.05, 3.63) is 107 Å². The fourth-order valence-electron chi connectivity index (χ4n) is 4.01. The number of benzene rings is 3. The van der Waals surface area contributed by atoms with Crippen LogP contribution in [0.4, 0.5) is 5.13 Å². The zero-order chi connectivity index (χ0) is 23.8. The Morgan fingerprint density at radius 3 is 2.59 bits per heavy atom. The number of phenolic OH excluding ortho intramolecular Hbond substituents is 1. The summed E-state index contributed by atoms with van der Waals surface area (Å²) in [6.45, 7) is 1.97. The number of aromatic nitrogens is 1. The van der Waals surface area contributed by atoms with Gasteiger partial charge in [0.2, 0.25) is 0 Å². The van der Waals surface area contributed by atoms with E-state index in [2.05, 4.69) is 4.98 Å². The maximum Gasteiger partial charge on any atom is 0.296 e. The molecule has 1 unspecified atom stereocenters. The summed E-state index contributed by atoms with van der Waals surface area (Å²) in [6.07, 6.45) is 2.98. The number of hydrogen-bond donors (Lipinski definition) is 2. The minimum atomic E-state index is -0.936. The largest absolute Gasteiger partial charge is 0.508 e. The smallest absolute Gasteiger partial charge is 0.296 e. The molecule has 3 aromatic carbocycles. The van der Waals surface area contributed by atoms with Crippen LogP contribution in [0.3, 0.4) is 0 Å². The van der Waals surface area contributed by atoms with Gasteiger partial charge in [-0.05, 0) is 54.0 Å². The molecule has 0 saturated carbocycles. The van der Waals surface area contributed by atoms with Gasteiger partial charge in [-0.2, -0.15) is 0 Å². The molecule has 168 valence electrons. The number of carbonyl (C=O) groups is 2. The van der Waals surface area contributed by atoms with Crippen molar-refractivity contribution < 1.29 is 19.8 Å². The topological polar surface area (TPSA) is 90.7 Å². The van der Waals surface area contributed by atoms with Crippen LogP contribution in [0.2, 0.25) is 0 Å². The molecule has 7 heteroatoms. The number of amides is 1. The monoisotopic (exact) mass is 468 g/mol. The van der Waals surface area contributed by atoms with Crippen molar-refractivity contribution in [2.45, 2.75) is 13.0 Å². The fraction of sp³-hybridized carbons (Fsp3) is 0.0741. The van der Waals surface area contributed by atoms with Crippen LogP contribution in [-0.2, 0) is 9.59 Å². The number of thiazole rings is 1. The molecule has 0 bridgehead atoms. The number of ketones is 1. The number of aliphatic hydroxyl groups excluding tert-OH is 1. The van der Waals surface area contributed by atoms with Crippen LogP contribution in [-0.4, -0.2) is 26.9 Å². The van der Waals surface area contributed by atoms with E-state index < -0.39 is 23.5 Å². The van der Waals surface area contributed by atoms with Gasteiger partial charge in [0.25, 0.3) is 5.91 Å². The Morgan fingerprint density at radius 2 is 1.82 bits per heavy atom. The number of nitrogens with zero attached hydrogens (tertiary/aromatic N) is 2. The van der Waals surface area contributed by atoms with Gasteiger partial charge in [0.05, 0.1) is 21.8 Å². The zero-order valence-electron chi connectivity index (χ0n) is 18.2. The first-order chi connectivity index (χ1) is 16.4. The number of aromatic hydroxyl groups is 1. The number of anilines is 1. The lowest BCUT2D eigenvalue weighted by atomic mass is 9.95. The lowest BCUT2D eigenvalue weighted by molar-refractivity contribution is -0.117. The molecule has 1 amide bonds. The third-order valence-corrected chi connectivity index (χ3v) is 6.64. The molecular formula is C27H20N2O4S. The molecule has 0 fully saturated rings. The Labute approximate surface area is 199 Å². The van der Waals surface area contributed by atoms with Crippen molar-refractivity contribution in [2.24, 2.45) is 0 Å². The highest BCUT2D eigenvalue weighted by Crippen LogP contribution is 2.44. The van der Waals surface area contributed by atoms with E-state index in [-0.39, 0.29) is 11.3 Å². The summed E-state index contributed by atoms with van der Waals surface area (Å²) in [6, 6.07) is 20.4. The Morgan fingerprint density at radius 1 is 1.03 bits per heavy atom. The molecule has 1 atom stereocenters. The molecule has 0 radical (unpaired) electrons. The normalized spacial score (nSPS) is 16.2. The van der Waals surface area contributed by atoms with E-state index in [0.29, 0.717) is 10.7 Å². The average Bonchev–Trinajstić information content (AvgIpc) is 3.36. The van der Waals surface area contributed by atoms with Crippen molar-refractivity contribution in [1.29, 1.82) is 0 Å². The Balaban J connectivity index is 1.61. The maximum atomic E-state index is 13.3. The predicted octanol–water partition coefficient (Wildman–Crippen LogP) is 5.49. The number of allylic oxidation sites excluding steroid dienone is 1. The second-order valence-electron chi connectivity index (χ2n) is 8.01. The third-order valence-electron chi connectivity index (χ3n) is 5.63. The number of fused-ring (bicyclic) bond motifs is 1. The summed E-state index contributed by atoms with van der Waals surface area (Å²) in [5.74, 6) is -1.84. The molecule has 4 aromatic rings. The number of rotatable bonds is 5. The van der Waals surface area contributed by atoms with Crippen molar-refractivity contribution in [3.63, 3.8) is 0 Å². The van der Waals surface area contributed by atoms with E-state index in [4.69, 9.17) is 0 Å². The van der Waals surface area contributed by atoms with Crippen LogP contribution in [0.5, 0.6) is 5.75 Å². The molecule has 0 saturated heterocycles. The van der Waals surface area contributed by atoms with Gasteiger partial charge in [-0.25, -0.2) is 4.98 Å². The highest BCUT2D eigenvalue weighted by molar-refractivity contribution is 7.22. The predicted molar refractivity (Wildman–Crippen MR) is 133 cm³/mol. The van der Waals surface area contributed by atoms with Crippen LogP contribution in [0.1, 0.15) is 22.7 Å². The molecule has 5 rings (SSSR count). The summed E-state index contributed by atoms with van der Waals surface area (Å²) in [4.78, 5) is 32.5. The van der Waals surface area contributed by atoms with E-state index in [1.54, 1.807) is 18.2 Å². The van der Waals surface area contributed by atoms with Gasteiger partial charge >= 0.3 is 0 Å². The maximum absolute atomic E-state index is 13.3. The average molecular weight is 469 g/mol. The van der Waals surface area contributed by atoms with E-state index >= 15 is 0 Å². The minimum absolute atomic E-state index is 0.0113. The standard InChI is InChI=1S/C27H20N2O4S/c1-16-10-12-20-22(14-16)34-27(28-20)29-24(18-8-5-9-19(30)15-18)23(25(32)26(29)33)21(31)13-11-17-6-3-2-4-7-17/h2-15,24,30,32H,1H3. The molecule has 1 aliphatic heterocycles. The molecule has 1 aliphatic rings. The third kappa shape index (κ3) is 3.86. The number of phenols is 1. The molecular weight excluding hydrogens is 448 g/mol. The lowest BCUT2D eigenvalue weighted by Crippen LogP contribution is -2.30. The number of aryl methyl sites for hydroxylation is 1. The molecule has 2 N–H and O–H groups in total. The van der Waals surface area contributed by atoms with Gasteiger partial charge in [-0.3, -0.25) is 14.5 Å². The quantitative estimate of drug-likeness (QED) is 0.378. The van der Waals surface area contributed by atoms with Gasteiger partial charge in [0.1, 0.15) is 5.75 Å². The summed E-state index contributed by atoms with van der Waals surface area (Å²) >= 11 is 1.31. The van der Waals surface area contributed by atoms with E-state index in [1.165, 1.54) is 34.4 Å². The highest BCUT2D eigenvalue weighted by Gasteiger charge is 2.45. The SMILES string of the molecule is Cc1ccc2nc(N3C(=O)C(O)=C(C(=O)C=Cc4ccccc4)C3c3cccc(O)c3)sc2c1. The van der Waals surface area contributed by atoms with E-state index in [0.717, 1.165) is 21.3 Å². The zero-order valence-corrected chi connectivity index (χ0v) is 19.0. The first-order valence-electron chi connectivity index (χ1n) is 10.6. The molecule has 1 aromatic heterocycles. The first-order valence-corrected chi connectivity index (χ1v) is 11.4. The van der Waals surface area contributed by atoms with Crippen LogP contribution >= 0.6 is 11.3 Å². The van der Waals surface area contributed by atoms with Gasteiger partial charge in [0.15, 0.2) is 16.7 Å². The molecule has 34 heavy (non-hydrogen) atoms. The number of aliphatic hydroxyl groups is 1. The summed E-state index contributed by atoms with van der Waals surface area (Å²) in [5, 5.41) is 21.3. The van der Waals surface area contributed by atoms with E-state index in [9.17, 15) is 19.8 Å². The van der Waals surface area contributed by atoms with Crippen molar-refractivity contribution in [3.8, 4) is 5.75 Å². The number of hydrogen-bond acceptors (Lipinski definition) is 6. The highest BCUT2D eigenvalue weighted by atomic mass is 32.1. The second-order valence-corrected chi connectivity index (χ2v) is 9.02. The second kappa shape index (κ2) is 8.61. The molecule has 6 nitrogen and oxygen atoms in total. The first kappa shape index (κ1) is 21.6. The van der Waals surface area contributed by atoms with E-state index in [1.807, 2.05) is 55.5 Å². The van der Waals surface area contributed by atoms with Crippen LogP contribution in [0.15, 0.2) is 90.2 Å².